The first-order valence-electron chi connectivity index (χ1n) is 17.6. The van der Waals surface area contributed by atoms with Gasteiger partial charge in [-0.1, -0.05) is 59.6 Å². The highest BCUT2D eigenvalue weighted by molar-refractivity contribution is 7.93. The van der Waals surface area contributed by atoms with Gasteiger partial charge in [-0.15, -0.1) is 0 Å². The van der Waals surface area contributed by atoms with Crippen LogP contribution >= 0.6 is 23.2 Å². The number of nitrogens with one attached hydrogen (secondary N) is 1. The SMILES string of the molecule is CC(C)(C)OC(=O)CN(c1cccc2c(C(=O)NCc3cccc(C(=O)N4CCN(C(=O)OC(C)(C)C)CC4)c3)cccc12)S(=O)(=O)c1cc(Cl)cc(Cl)c1. The van der Waals surface area contributed by atoms with E-state index in [9.17, 15) is 27.6 Å². The summed E-state index contributed by atoms with van der Waals surface area (Å²) in [4.78, 5) is 55.7. The minimum Gasteiger partial charge on any atom is -0.459 e. The van der Waals surface area contributed by atoms with Crippen molar-refractivity contribution in [3.05, 3.63) is 106 Å². The average Bonchev–Trinajstić information content (AvgIpc) is 3.10. The third kappa shape index (κ3) is 10.5. The molecule has 4 aromatic rings. The zero-order valence-corrected chi connectivity index (χ0v) is 33.8. The van der Waals surface area contributed by atoms with Crippen LogP contribution in [0, 0.1) is 0 Å². The van der Waals surface area contributed by atoms with Crippen LogP contribution in [0.15, 0.2) is 83.8 Å². The molecule has 0 spiro atoms. The molecule has 1 saturated heterocycles. The van der Waals surface area contributed by atoms with E-state index in [0.717, 1.165) is 4.31 Å². The molecule has 0 aromatic heterocycles. The number of halogens is 2. The summed E-state index contributed by atoms with van der Waals surface area (Å²) in [6.45, 7) is 11.3. The molecule has 0 unspecified atom stereocenters. The van der Waals surface area contributed by atoms with E-state index < -0.39 is 45.7 Å². The Morgan fingerprint density at radius 3 is 1.96 bits per heavy atom. The molecule has 1 aliphatic rings. The maximum absolute atomic E-state index is 14.2. The van der Waals surface area contributed by atoms with Crippen LogP contribution in [-0.2, 0) is 30.8 Å². The van der Waals surface area contributed by atoms with Crippen molar-refractivity contribution in [3.63, 3.8) is 0 Å². The van der Waals surface area contributed by atoms with E-state index in [1.54, 1.807) is 106 Å². The van der Waals surface area contributed by atoms with Crippen LogP contribution in [0.25, 0.3) is 10.8 Å². The van der Waals surface area contributed by atoms with Crippen LogP contribution in [0.1, 0.15) is 67.8 Å². The molecule has 0 aliphatic carbocycles. The number of amides is 3. The van der Waals surface area contributed by atoms with Crippen molar-refractivity contribution in [2.45, 2.75) is 64.2 Å². The van der Waals surface area contributed by atoms with E-state index in [0.29, 0.717) is 48.1 Å². The molecule has 15 heteroatoms. The summed E-state index contributed by atoms with van der Waals surface area (Å²) < 4.78 is 40.3. The van der Waals surface area contributed by atoms with Crippen LogP contribution < -0.4 is 9.62 Å². The Hall–Kier alpha value is -4.85. The van der Waals surface area contributed by atoms with Gasteiger partial charge in [0.2, 0.25) is 0 Å². The number of rotatable bonds is 9. The van der Waals surface area contributed by atoms with Gasteiger partial charge in [0.25, 0.3) is 21.8 Å². The van der Waals surface area contributed by atoms with Gasteiger partial charge < -0.3 is 24.6 Å². The molecule has 0 bridgehead atoms. The number of carbonyl (C=O) groups excluding carboxylic acids is 4. The van der Waals surface area contributed by atoms with Crippen LogP contribution in [0.3, 0.4) is 0 Å². The van der Waals surface area contributed by atoms with Crippen molar-refractivity contribution in [3.8, 4) is 0 Å². The predicted molar refractivity (Wildman–Crippen MR) is 212 cm³/mol. The first kappa shape index (κ1) is 41.3. The van der Waals surface area contributed by atoms with Gasteiger partial charge in [0.1, 0.15) is 17.7 Å². The van der Waals surface area contributed by atoms with Gasteiger partial charge in [-0.05, 0) is 95.0 Å². The Kier molecular flexibility index (Phi) is 12.4. The van der Waals surface area contributed by atoms with E-state index in [4.69, 9.17) is 32.7 Å². The molecular formula is C40H44Cl2N4O8S. The number of hydrogen-bond donors (Lipinski definition) is 1. The highest BCUT2D eigenvalue weighted by atomic mass is 35.5. The van der Waals surface area contributed by atoms with Gasteiger partial charge in [-0.2, -0.15) is 0 Å². The maximum atomic E-state index is 14.2. The van der Waals surface area contributed by atoms with Crippen molar-refractivity contribution in [2.75, 3.05) is 37.0 Å². The second-order valence-electron chi connectivity index (χ2n) is 15.0. The number of hydrogen-bond acceptors (Lipinski definition) is 8. The van der Waals surface area contributed by atoms with Crippen LogP contribution in [0.5, 0.6) is 0 Å². The van der Waals surface area contributed by atoms with Crippen LogP contribution in [0.2, 0.25) is 10.0 Å². The second kappa shape index (κ2) is 16.5. The Morgan fingerprint density at radius 1 is 0.745 bits per heavy atom. The summed E-state index contributed by atoms with van der Waals surface area (Å²) in [7, 11) is -4.44. The highest BCUT2D eigenvalue weighted by Crippen LogP contribution is 2.34. The lowest BCUT2D eigenvalue weighted by Crippen LogP contribution is -2.51. The number of carbonyl (C=O) groups is 4. The molecule has 1 fully saturated rings. The van der Waals surface area contributed by atoms with Crippen molar-refractivity contribution < 1.29 is 37.1 Å². The Labute approximate surface area is 331 Å². The van der Waals surface area contributed by atoms with E-state index in [-0.39, 0.29) is 38.6 Å². The molecule has 1 N–H and O–H groups in total. The molecule has 0 atom stereocenters. The third-order valence-corrected chi connectivity index (χ3v) is 10.5. The van der Waals surface area contributed by atoms with Gasteiger partial charge in [0, 0.05) is 59.3 Å². The standard InChI is InChI=1S/C40H44Cl2N4O8S/c1-39(2,3)53-35(47)25-46(55(51,52)30-22-28(41)21-29(42)23-30)34-15-9-12-31-32(34)13-8-14-33(31)36(48)43-24-26-10-7-11-27(20-26)37(49)44-16-18-45(19-17-44)38(50)54-40(4,5)6/h7-15,20-23H,16-19,24-25H2,1-6H3,(H,43,48). The summed E-state index contributed by atoms with van der Waals surface area (Å²) in [6.07, 6.45) is -0.411. The monoisotopic (exact) mass is 810 g/mol. The van der Waals surface area contributed by atoms with Gasteiger partial charge in [0.05, 0.1) is 10.6 Å². The summed E-state index contributed by atoms with van der Waals surface area (Å²) in [5.41, 5.74) is 0.0168. The number of benzene rings is 4. The fourth-order valence-electron chi connectivity index (χ4n) is 6.00. The zero-order valence-electron chi connectivity index (χ0n) is 31.5. The molecule has 5 rings (SSSR count). The third-order valence-electron chi connectivity index (χ3n) is 8.37. The number of ether oxygens (including phenoxy) is 2. The Balaban J connectivity index is 1.36. The first-order valence-corrected chi connectivity index (χ1v) is 19.8. The maximum Gasteiger partial charge on any atom is 0.410 e. The normalized spacial score (nSPS) is 13.7. The fourth-order valence-corrected chi connectivity index (χ4v) is 8.15. The number of fused-ring (bicyclic) bond motifs is 1. The molecule has 3 amide bonds. The lowest BCUT2D eigenvalue weighted by atomic mass is 10.0. The molecule has 292 valence electrons. The molecular weight excluding hydrogens is 767 g/mol. The number of sulfonamides is 1. The molecule has 12 nitrogen and oxygen atoms in total. The van der Waals surface area contributed by atoms with Crippen molar-refractivity contribution in [1.82, 2.24) is 15.1 Å². The van der Waals surface area contributed by atoms with E-state index in [1.165, 1.54) is 24.3 Å². The van der Waals surface area contributed by atoms with Gasteiger partial charge in [-0.3, -0.25) is 18.7 Å². The lowest BCUT2D eigenvalue weighted by Gasteiger charge is -2.35. The highest BCUT2D eigenvalue weighted by Gasteiger charge is 2.32. The lowest BCUT2D eigenvalue weighted by molar-refractivity contribution is -0.152. The first-order chi connectivity index (χ1) is 25.7. The second-order valence-corrected chi connectivity index (χ2v) is 17.8. The molecule has 1 heterocycles. The van der Waals surface area contributed by atoms with Crippen molar-refractivity contribution in [1.29, 1.82) is 0 Å². The van der Waals surface area contributed by atoms with E-state index in [2.05, 4.69) is 5.32 Å². The summed E-state index contributed by atoms with van der Waals surface area (Å²) in [5.74, 6) is -1.43. The summed E-state index contributed by atoms with van der Waals surface area (Å²) in [6, 6.07) is 20.5. The van der Waals surface area contributed by atoms with Crippen molar-refractivity contribution in [2.24, 2.45) is 0 Å². The topological polar surface area (TPSA) is 143 Å². The summed E-state index contributed by atoms with van der Waals surface area (Å²) in [5, 5.41) is 3.90. The minimum atomic E-state index is -4.44. The van der Waals surface area contributed by atoms with Crippen molar-refractivity contribution >= 4 is 73.6 Å². The smallest absolute Gasteiger partial charge is 0.410 e. The fraction of sp³-hybridized carbons (Fsp3) is 0.350. The minimum absolute atomic E-state index is 0.0909. The Bertz CT molecular complexity index is 2210. The molecule has 0 saturated carbocycles. The van der Waals surface area contributed by atoms with Gasteiger partial charge in [0.15, 0.2) is 0 Å². The summed E-state index contributed by atoms with van der Waals surface area (Å²) >= 11 is 12.4. The predicted octanol–water partition coefficient (Wildman–Crippen LogP) is 7.31. The molecule has 4 aromatic carbocycles. The van der Waals surface area contributed by atoms with Crippen LogP contribution in [0.4, 0.5) is 10.5 Å². The molecule has 1 aliphatic heterocycles. The Morgan fingerprint density at radius 2 is 1.33 bits per heavy atom. The number of anilines is 1. The van der Waals surface area contributed by atoms with E-state index >= 15 is 0 Å². The number of piperazine rings is 1. The number of nitrogens with zero attached hydrogens (tertiary/aromatic N) is 3. The average molecular weight is 812 g/mol. The zero-order chi connectivity index (χ0) is 40.3. The largest absolute Gasteiger partial charge is 0.459 e. The van der Waals surface area contributed by atoms with Crippen LogP contribution in [-0.4, -0.2) is 86.0 Å². The van der Waals surface area contributed by atoms with Gasteiger partial charge >= 0.3 is 12.1 Å². The number of esters is 1. The van der Waals surface area contributed by atoms with E-state index in [1.807, 2.05) is 0 Å². The molecule has 55 heavy (non-hydrogen) atoms. The quantitative estimate of drug-likeness (QED) is 0.174. The van der Waals surface area contributed by atoms with Gasteiger partial charge in [-0.25, -0.2) is 13.2 Å². The molecule has 0 radical (unpaired) electrons.